The number of hydrogen-bond acceptors (Lipinski definition) is 1. The Morgan fingerprint density at radius 3 is 2.88 bits per heavy atom. The van der Waals surface area contributed by atoms with Crippen LogP contribution in [0.4, 0.5) is 4.39 Å². The fourth-order valence-corrected chi connectivity index (χ4v) is 3.19. The molecule has 1 aliphatic heterocycles. The quantitative estimate of drug-likeness (QED) is 0.725. The van der Waals surface area contributed by atoms with E-state index in [9.17, 15) is 4.39 Å². The molecule has 3 rings (SSSR count). The van der Waals surface area contributed by atoms with E-state index in [0.29, 0.717) is 0 Å². The van der Waals surface area contributed by atoms with E-state index in [-0.39, 0.29) is 5.82 Å². The SMILES string of the molecule is C=C(/C=C\C=C/C)/C=C/n1c2c(c3cc(F)ccc31)CN(C)CC2. The maximum absolute atomic E-state index is 13.7. The number of hydrogen-bond donors (Lipinski definition) is 0. The van der Waals surface area contributed by atoms with Crippen LogP contribution in [0.2, 0.25) is 0 Å². The van der Waals surface area contributed by atoms with Gasteiger partial charge in [0.25, 0.3) is 0 Å². The zero-order valence-corrected chi connectivity index (χ0v) is 14.3. The standard InChI is InChI=1S/C21H23FN2/c1-4-5-6-7-16(2)10-13-24-20-9-8-17(22)14-18(20)19-15-23(3)12-11-21(19)24/h4-10,13-14H,2,11-12,15H2,1,3H3/b5-4-,7-6-,13-10+. The summed E-state index contributed by atoms with van der Waals surface area (Å²) in [7, 11) is 2.11. The molecule has 0 saturated carbocycles. The van der Waals surface area contributed by atoms with E-state index in [1.807, 2.05) is 49.6 Å². The van der Waals surface area contributed by atoms with E-state index in [4.69, 9.17) is 0 Å². The first-order valence-electron chi connectivity index (χ1n) is 8.26. The Morgan fingerprint density at radius 2 is 2.08 bits per heavy atom. The van der Waals surface area contributed by atoms with E-state index in [1.54, 1.807) is 6.07 Å². The summed E-state index contributed by atoms with van der Waals surface area (Å²) in [5.74, 6) is -0.182. The lowest BCUT2D eigenvalue weighted by atomic mass is 10.1. The van der Waals surface area contributed by atoms with Crippen LogP contribution < -0.4 is 0 Å². The zero-order chi connectivity index (χ0) is 17.1. The summed E-state index contributed by atoms with van der Waals surface area (Å²) in [6.07, 6.45) is 12.9. The summed E-state index contributed by atoms with van der Waals surface area (Å²) >= 11 is 0. The minimum Gasteiger partial charge on any atom is -0.320 e. The number of nitrogens with zero attached hydrogens (tertiary/aromatic N) is 2. The van der Waals surface area contributed by atoms with Gasteiger partial charge in [-0.3, -0.25) is 0 Å². The fourth-order valence-electron chi connectivity index (χ4n) is 3.19. The van der Waals surface area contributed by atoms with Crippen LogP contribution in [-0.4, -0.2) is 23.1 Å². The second-order valence-corrected chi connectivity index (χ2v) is 6.22. The maximum atomic E-state index is 13.7. The molecule has 3 heteroatoms. The van der Waals surface area contributed by atoms with Gasteiger partial charge in [0.2, 0.25) is 0 Å². The van der Waals surface area contributed by atoms with Crippen LogP contribution in [-0.2, 0) is 13.0 Å². The van der Waals surface area contributed by atoms with Crippen LogP contribution in [0.15, 0.2) is 60.7 Å². The molecule has 0 aliphatic carbocycles. The Bertz CT molecular complexity index is 852. The van der Waals surface area contributed by atoms with Gasteiger partial charge in [0, 0.05) is 36.8 Å². The lowest BCUT2D eigenvalue weighted by Crippen LogP contribution is -2.26. The van der Waals surface area contributed by atoms with Gasteiger partial charge in [0.05, 0.1) is 5.52 Å². The number of allylic oxidation sites excluding steroid dienone is 6. The Kier molecular flexibility index (Phi) is 4.81. The highest BCUT2D eigenvalue weighted by molar-refractivity contribution is 5.88. The average molecular weight is 322 g/mol. The van der Waals surface area contributed by atoms with E-state index in [1.165, 1.54) is 17.3 Å². The molecule has 124 valence electrons. The number of halogens is 1. The molecular formula is C21H23FN2. The van der Waals surface area contributed by atoms with Crippen LogP contribution >= 0.6 is 0 Å². The van der Waals surface area contributed by atoms with Crippen LogP contribution in [0, 0.1) is 5.82 Å². The van der Waals surface area contributed by atoms with Crippen molar-refractivity contribution in [1.29, 1.82) is 0 Å². The van der Waals surface area contributed by atoms with E-state index < -0.39 is 0 Å². The Labute approximate surface area is 142 Å². The summed E-state index contributed by atoms with van der Waals surface area (Å²) in [6.45, 7) is 7.91. The highest BCUT2D eigenvalue weighted by atomic mass is 19.1. The monoisotopic (exact) mass is 322 g/mol. The van der Waals surface area contributed by atoms with Gasteiger partial charge in [-0.1, -0.05) is 30.9 Å². The third kappa shape index (κ3) is 3.26. The largest absolute Gasteiger partial charge is 0.320 e. The minimum atomic E-state index is -0.182. The molecule has 0 atom stereocenters. The van der Waals surface area contributed by atoms with Gasteiger partial charge < -0.3 is 9.47 Å². The third-order valence-electron chi connectivity index (χ3n) is 4.39. The van der Waals surface area contributed by atoms with Crippen LogP contribution in [0.25, 0.3) is 17.1 Å². The summed E-state index contributed by atoms with van der Waals surface area (Å²) in [4.78, 5) is 2.28. The topological polar surface area (TPSA) is 8.17 Å². The minimum absolute atomic E-state index is 0.182. The zero-order valence-electron chi connectivity index (χ0n) is 14.3. The molecule has 0 saturated heterocycles. The lowest BCUT2D eigenvalue weighted by molar-refractivity contribution is 0.312. The predicted molar refractivity (Wildman–Crippen MR) is 100 cm³/mol. The molecule has 0 amide bonds. The highest BCUT2D eigenvalue weighted by Gasteiger charge is 2.21. The average Bonchev–Trinajstić information content (AvgIpc) is 2.85. The van der Waals surface area contributed by atoms with Crippen molar-refractivity contribution in [3.05, 3.63) is 77.8 Å². The van der Waals surface area contributed by atoms with Crippen molar-refractivity contribution in [3.63, 3.8) is 0 Å². The molecule has 2 nitrogen and oxygen atoms in total. The third-order valence-corrected chi connectivity index (χ3v) is 4.39. The molecule has 1 aromatic carbocycles. The molecule has 0 fully saturated rings. The molecule has 0 N–H and O–H groups in total. The summed E-state index contributed by atoms with van der Waals surface area (Å²) in [5.41, 5.74) is 4.49. The van der Waals surface area contributed by atoms with Crippen molar-refractivity contribution in [3.8, 4) is 0 Å². The molecule has 0 radical (unpaired) electrons. The van der Waals surface area contributed by atoms with Crippen LogP contribution in [0.1, 0.15) is 18.2 Å². The summed E-state index contributed by atoms with van der Waals surface area (Å²) in [5, 5.41) is 1.01. The van der Waals surface area contributed by atoms with E-state index >= 15 is 0 Å². The smallest absolute Gasteiger partial charge is 0.123 e. The van der Waals surface area contributed by atoms with Gasteiger partial charge in [0.1, 0.15) is 5.82 Å². The second-order valence-electron chi connectivity index (χ2n) is 6.22. The van der Waals surface area contributed by atoms with Crippen molar-refractivity contribution < 1.29 is 4.39 Å². The molecule has 0 unspecified atom stereocenters. The number of rotatable bonds is 4. The van der Waals surface area contributed by atoms with E-state index in [0.717, 1.165) is 36.0 Å². The van der Waals surface area contributed by atoms with Gasteiger partial charge in [0.15, 0.2) is 0 Å². The maximum Gasteiger partial charge on any atom is 0.123 e. The molecule has 2 aromatic rings. The highest BCUT2D eigenvalue weighted by Crippen LogP contribution is 2.31. The molecule has 24 heavy (non-hydrogen) atoms. The number of likely N-dealkylation sites (N-methyl/N-ethyl adjacent to an activating group) is 1. The van der Waals surface area contributed by atoms with Crippen molar-refractivity contribution in [2.45, 2.75) is 19.9 Å². The van der Waals surface area contributed by atoms with Crippen LogP contribution in [0.3, 0.4) is 0 Å². The van der Waals surface area contributed by atoms with Gasteiger partial charge in [-0.25, -0.2) is 4.39 Å². The normalized spacial score (nSPS) is 16.0. The molecule has 2 heterocycles. The van der Waals surface area contributed by atoms with Crippen LogP contribution in [0.5, 0.6) is 0 Å². The first-order chi connectivity index (χ1) is 11.6. The Balaban J connectivity index is 2.03. The first kappa shape index (κ1) is 16.5. The second kappa shape index (κ2) is 7.02. The van der Waals surface area contributed by atoms with Gasteiger partial charge in [-0.2, -0.15) is 0 Å². The summed E-state index contributed by atoms with van der Waals surface area (Å²) in [6, 6.07) is 5.05. The predicted octanol–water partition coefficient (Wildman–Crippen LogP) is 4.93. The van der Waals surface area contributed by atoms with E-state index in [2.05, 4.69) is 23.1 Å². The van der Waals surface area contributed by atoms with Crippen molar-refractivity contribution in [2.24, 2.45) is 0 Å². The van der Waals surface area contributed by atoms with Crippen molar-refractivity contribution >= 4 is 17.1 Å². The Morgan fingerprint density at radius 1 is 1.25 bits per heavy atom. The number of benzene rings is 1. The van der Waals surface area contributed by atoms with Gasteiger partial charge in [-0.15, -0.1) is 0 Å². The van der Waals surface area contributed by atoms with Gasteiger partial charge in [-0.05, 0) is 49.4 Å². The summed E-state index contributed by atoms with van der Waals surface area (Å²) < 4.78 is 15.9. The Hall–Kier alpha value is -2.39. The number of fused-ring (bicyclic) bond motifs is 3. The van der Waals surface area contributed by atoms with Crippen molar-refractivity contribution in [1.82, 2.24) is 9.47 Å². The lowest BCUT2D eigenvalue weighted by Gasteiger charge is -2.23. The van der Waals surface area contributed by atoms with Crippen molar-refractivity contribution in [2.75, 3.05) is 13.6 Å². The molecule has 0 spiro atoms. The fraction of sp³-hybridized carbons (Fsp3) is 0.238. The van der Waals surface area contributed by atoms with Gasteiger partial charge >= 0.3 is 0 Å². The molecular weight excluding hydrogens is 299 g/mol. The molecule has 1 aliphatic rings. The molecule has 0 bridgehead atoms. The first-order valence-corrected chi connectivity index (χ1v) is 8.26. The number of aromatic nitrogens is 1. The molecule has 1 aromatic heterocycles.